The normalized spacial score (nSPS) is 15.3. The molecule has 2 heterocycles. The van der Waals surface area contributed by atoms with Crippen LogP contribution in [0.2, 0.25) is 0 Å². The Labute approximate surface area is 128 Å². The van der Waals surface area contributed by atoms with Crippen molar-refractivity contribution in [3.63, 3.8) is 0 Å². The zero-order chi connectivity index (χ0) is 15.8. The molecule has 0 bridgehead atoms. The van der Waals surface area contributed by atoms with E-state index in [0.29, 0.717) is 36.5 Å². The van der Waals surface area contributed by atoms with E-state index in [1.165, 1.54) is 11.3 Å². The molecule has 0 aromatic carbocycles. The Morgan fingerprint density at radius 2 is 1.86 bits per heavy atom. The molecule has 0 radical (unpaired) electrons. The van der Waals surface area contributed by atoms with Crippen LogP contribution in [0.4, 0.5) is 9.80 Å². The van der Waals surface area contributed by atoms with Gasteiger partial charge in [0.25, 0.3) is 5.91 Å². The number of carbonyl (C=O) groups is 2. The van der Waals surface area contributed by atoms with Crippen LogP contribution >= 0.6 is 11.3 Å². The number of ether oxygens (including phenoxy) is 1. The van der Waals surface area contributed by atoms with Crippen LogP contribution < -0.4 is 11.5 Å². The summed E-state index contributed by atoms with van der Waals surface area (Å²) in [5.74, 6) is -0.504. The number of carbonyl (C=O) groups excluding carboxylic acids is 2. The van der Waals surface area contributed by atoms with Gasteiger partial charge in [-0.2, -0.15) is 0 Å². The van der Waals surface area contributed by atoms with Gasteiger partial charge in [0.05, 0.1) is 10.6 Å². The molecule has 0 atom stereocenters. The first kappa shape index (κ1) is 15.6. The molecule has 4 N–H and O–H groups in total. The SMILES string of the molecule is CC(C)(C)OC(=O)N1CCc2sc(N)c(C(N)=O)c2CC1. The van der Waals surface area contributed by atoms with Crippen LogP contribution in [0.5, 0.6) is 0 Å². The van der Waals surface area contributed by atoms with Crippen molar-refractivity contribution in [3.8, 4) is 0 Å². The first-order valence-electron chi connectivity index (χ1n) is 6.87. The predicted octanol–water partition coefficient (Wildman–Crippen LogP) is 1.76. The molecule has 21 heavy (non-hydrogen) atoms. The smallest absolute Gasteiger partial charge is 0.410 e. The molecule has 0 saturated heterocycles. The van der Waals surface area contributed by atoms with Gasteiger partial charge in [-0.15, -0.1) is 11.3 Å². The largest absolute Gasteiger partial charge is 0.444 e. The molecular weight excluding hydrogens is 290 g/mol. The second kappa shape index (κ2) is 5.55. The minimum Gasteiger partial charge on any atom is -0.444 e. The fourth-order valence-corrected chi connectivity index (χ4v) is 3.49. The van der Waals surface area contributed by atoms with Gasteiger partial charge in [0.15, 0.2) is 0 Å². The van der Waals surface area contributed by atoms with E-state index in [0.717, 1.165) is 10.4 Å². The fourth-order valence-electron chi connectivity index (χ4n) is 2.37. The maximum Gasteiger partial charge on any atom is 0.410 e. The summed E-state index contributed by atoms with van der Waals surface area (Å²) in [4.78, 5) is 26.3. The lowest BCUT2D eigenvalue weighted by Gasteiger charge is -2.26. The number of anilines is 1. The molecule has 0 fully saturated rings. The van der Waals surface area contributed by atoms with Crippen molar-refractivity contribution in [2.75, 3.05) is 18.8 Å². The maximum atomic E-state index is 12.1. The van der Waals surface area contributed by atoms with Crippen LogP contribution in [0.1, 0.15) is 41.6 Å². The molecule has 116 valence electrons. The van der Waals surface area contributed by atoms with E-state index < -0.39 is 11.5 Å². The van der Waals surface area contributed by atoms with Crippen LogP contribution in [0.25, 0.3) is 0 Å². The second-order valence-corrected chi connectivity index (χ2v) is 7.21. The summed E-state index contributed by atoms with van der Waals surface area (Å²) in [5.41, 5.74) is 12.0. The summed E-state index contributed by atoms with van der Waals surface area (Å²) >= 11 is 1.38. The van der Waals surface area contributed by atoms with Crippen LogP contribution in [0, 0.1) is 0 Å². The topological polar surface area (TPSA) is 98.7 Å². The number of amides is 2. The van der Waals surface area contributed by atoms with E-state index in [1.807, 2.05) is 20.8 Å². The van der Waals surface area contributed by atoms with Gasteiger partial charge in [-0.25, -0.2) is 4.79 Å². The number of nitrogen functional groups attached to an aromatic ring is 1. The molecule has 0 spiro atoms. The summed E-state index contributed by atoms with van der Waals surface area (Å²) in [6.45, 7) is 6.57. The Morgan fingerprint density at radius 1 is 1.24 bits per heavy atom. The molecule has 6 nitrogen and oxygen atoms in total. The molecule has 2 rings (SSSR count). The van der Waals surface area contributed by atoms with E-state index in [-0.39, 0.29) is 6.09 Å². The second-order valence-electron chi connectivity index (χ2n) is 6.07. The zero-order valence-electron chi connectivity index (χ0n) is 12.6. The monoisotopic (exact) mass is 311 g/mol. The molecule has 0 unspecified atom stereocenters. The Morgan fingerprint density at radius 3 is 2.43 bits per heavy atom. The summed E-state index contributed by atoms with van der Waals surface area (Å²) in [5, 5.41) is 0.471. The highest BCUT2D eigenvalue weighted by Gasteiger charge is 2.28. The third kappa shape index (κ3) is 3.47. The van der Waals surface area contributed by atoms with Crippen LogP contribution in [-0.4, -0.2) is 35.6 Å². The number of hydrogen-bond donors (Lipinski definition) is 2. The van der Waals surface area contributed by atoms with Crippen LogP contribution in [0.3, 0.4) is 0 Å². The molecule has 1 aliphatic heterocycles. The van der Waals surface area contributed by atoms with Crippen molar-refractivity contribution >= 4 is 28.3 Å². The van der Waals surface area contributed by atoms with E-state index in [1.54, 1.807) is 4.90 Å². The third-order valence-electron chi connectivity index (χ3n) is 3.26. The molecule has 7 heteroatoms. The van der Waals surface area contributed by atoms with Gasteiger partial charge in [0.2, 0.25) is 0 Å². The average Bonchev–Trinajstić information content (AvgIpc) is 2.50. The fraction of sp³-hybridized carbons (Fsp3) is 0.571. The number of thiophene rings is 1. The van der Waals surface area contributed by atoms with E-state index in [9.17, 15) is 9.59 Å². The Hall–Kier alpha value is -1.76. The van der Waals surface area contributed by atoms with Gasteiger partial charge in [-0.1, -0.05) is 0 Å². The predicted molar refractivity (Wildman–Crippen MR) is 82.5 cm³/mol. The highest BCUT2D eigenvalue weighted by atomic mass is 32.1. The first-order chi connectivity index (χ1) is 9.69. The third-order valence-corrected chi connectivity index (χ3v) is 4.38. The molecule has 1 aromatic rings. The van der Waals surface area contributed by atoms with Crippen molar-refractivity contribution in [2.24, 2.45) is 5.73 Å². The summed E-state index contributed by atoms with van der Waals surface area (Å²) in [6.07, 6.45) is 0.906. The summed E-state index contributed by atoms with van der Waals surface area (Å²) in [7, 11) is 0. The lowest BCUT2D eigenvalue weighted by molar-refractivity contribution is 0.0258. The number of nitrogens with zero attached hydrogens (tertiary/aromatic N) is 1. The standard InChI is InChI=1S/C14H21N3O3S/c1-14(2,3)20-13(19)17-6-4-8-9(5-7-17)21-12(16)10(8)11(15)18/h4-7,16H2,1-3H3,(H2,15,18). The lowest BCUT2D eigenvalue weighted by atomic mass is 10.1. The van der Waals surface area contributed by atoms with Crippen LogP contribution in [0.15, 0.2) is 0 Å². The minimum atomic E-state index is -0.517. The molecule has 1 aliphatic rings. The Bertz CT molecular complexity index is 575. The number of primary amides is 1. The van der Waals surface area contributed by atoms with E-state index >= 15 is 0 Å². The van der Waals surface area contributed by atoms with Crippen LogP contribution in [-0.2, 0) is 17.6 Å². The van der Waals surface area contributed by atoms with Crippen molar-refractivity contribution in [2.45, 2.75) is 39.2 Å². The summed E-state index contributed by atoms with van der Waals surface area (Å²) in [6, 6.07) is 0. The van der Waals surface area contributed by atoms with Gasteiger partial charge >= 0.3 is 6.09 Å². The van der Waals surface area contributed by atoms with Crippen molar-refractivity contribution < 1.29 is 14.3 Å². The first-order valence-corrected chi connectivity index (χ1v) is 7.68. The Kier molecular flexibility index (Phi) is 4.13. The van der Waals surface area contributed by atoms with Gasteiger partial charge in [0, 0.05) is 18.0 Å². The number of fused-ring (bicyclic) bond motifs is 1. The van der Waals surface area contributed by atoms with E-state index in [2.05, 4.69) is 0 Å². The van der Waals surface area contributed by atoms with Gasteiger partial charge in [-0.05, 0) is 39.2 Å². The molecule has 0 saturated carbocycles. The Balaban J connectivity index is 2.15. The number of nitrogens with two attached hydrogens (primary N) is 2. The van der Waals surface area contributed by atoms with Crippen molar-refractivity contribution in [1.29, 1.82) is 0 Å². The van der Waals surface area contributed by atoms with Gasteiger partial charge in [0.1, 0.15) is 5.60 Å². The van der Waals surface area contributed by atoms with Crippen molar-refractivity contribution in [3.05, 3.63) is 16.0 Å². The van der Waals surface area contributed by atoms with Crippen molar-refractivity contribution in [1.82, 2.24) is 4.90 Å². The summed E-state index contributed by atoms with van der Waals surface area (Å²) < 4.78 is 5.38. The maximum absolute atomic E-state index is 12.1. The molecule has 1 aromatic heterocycles. The lowest BCUT2D eigenvalue weighted by Crippen LogP contribution is -2.38. The number of rotatable bonds is 1. The quantitative estimate of drug-likeness (QED) is 0.825. The molecular formula is C14H21N3O3S. The highest BCUT2D eigenvalue weighted by Crippen LogP contribution is 2.33. The number of hydrogen-bond acceptors (Lipinski definition) is 5. The zero-order valence-corrected chi connectivity index (χ0v) is 13.4. The van der Waals surface area contributed by atoms with Gasteiger partial charge in [-0.3, -0.25) is 4.79 Å². The average molecular weight is 311 g/mol. The highest BCUT2D eigenvalue weighted by molar-refractivity contribution is 7.16. The van der Waals surface area contributed by atoms with Gasteiger partial charge < -0.3 is 21.1 Å². The molecule has 2 amide bonds. The van der Waals surface area contributed by atoms with E-state index in [4.69, 9.17) is 16.2 Å². The minimum absolute atomic E-state index is 0.328. The molecule has 0 aliphatic carbocycles.